The number of amides is 1. The van der Waals surface area contributed by atoms with Gasteiger partial charge in [0, 0.05) is 23.5 Å². The number of aromatic amines is 1. The first-order valence-corrected chi connectivity index (χ1v) is 10.6. The number of pyridine rings is 2. The van der Waals surface area contributed by atoms with Gasteiger partial charge in [0.2, 0.25) is 5.91 Å². The number of carbonyl (C=O) groups is 1. The van der Waals surface area contributed by atoms with Crippen molar-refractivity contribution in [2.45, 2.75) is 12.8 Å². The van der Waals surface area contributed by atoms with Crippen LogP contribution >= 0.6 is 0 Å². The first-order chi connectivity index (χ1) is 16.1. The van der Waals surface area contributed by atoms with Crippen LogP contribution in [0.4, 0.5) is 10.2 Å². The van der Waals surface area contributed by atoms with Crippen LogP contribution in [0.25, 0.3) is 33.4 Å². The maximum Gasteiger partial charge on any atom is 0.232 e. The number of carbonyl (C=O) groups excluding carboxylic acids is 1. The number of hydrogen-bond acceptors (Lipinski definition) is 3. The van der Waals surface area contributed by atoms with Crippen molar-refractivity contribution in [2.24, 2.45) is 0 Å². The van der Waals surface area contributed by atoms with Crippen molar-refractivity contribution in [3.63, 3.8) is 0 Å². The van der Waals surface area contributed by atoms with Crippen LogP contribution in [0.2, 0.25) is 0 Å². The summed E-state index contributed by atoms with van der Waals surface area (Å²) < 4.78 is 13.2. The summed E-state index contributed by atoms with van der Waals surface area (Å²) in [5.74, 6) is -0.555. The second-order valence-electron chi connectivity index (χ2n) is 7.83. The molecule has 2 aromatic carbocycles. The van der Waals surface area contributed by atoms with E-state index in [4.69, 9.17) is 0 Å². The van der Waals surface area contributed by atoms with E-state index in [-0.39, 0.29) is 11.7 Å². The SMILES string of the molecule is C[C@H](C(=O)Nc1cc(-c2[nH]c3cccnc3c2-c2ccccc2)ccn1)c1ccc(F)cc1. The summed E-state index contributed by atoms with van der Waals surface area (Å²) in [4.78, 5) is 25.2. The molecule has 3 aromatic heterocycles. The lowest BCUT2D eigenvalue weighted by molar-refractivity contribution is -0.117. The molecule has 33 heavy (non-hydrogen) atoms. The van der Waals surface area contributed by atoms with Gasteiger partial charge in [0.1, 0.15) is 11.6 Å². The second kappa shape index (κ2) is 8.67. The predicted octanol–water partition coefficient (Wildman–Crippen LogP) is 6.17. The lowest BCUT2D eigenvalue weighted by Crippen LogP contribution is -2.19. The molecule has 1 amide bonds. The summed E-state index contributed by atoms with van der Waals surface area (Å²) >= 11 is 0. The summed E-state index contributed by atoms with van der Waals surface area (Å²) in [6.45, 7) is 1.78. The Hall–Kier alpha value is -4.32. The van der Waals surface area contributed by atoms with Gasteiger partial charge >= 0.3 is 0 Å². The number of nitrogens with zero attached hydrogens (tertiary/aromatic N) is 2. The highest BCUT2D eigenvalue weighted by Gasteiger charge is 2.19. The average Bonchev–Trinajstić information content (AvgIpc) is 3.24. The molecule has 3 heterocycles. The third kappa shape index (κ3) is 4.11. The summed E-state index contributed by atoms with van der Waals surface area (Å²) in [6, 6.07) is 23.6. The molecule has 0 unspecified atom stereocenters. The van der Waals surface area contributed by atoms with E-state index in [1.807, 2.05) is 42.5 Å². The number of aromatic nitrogens is 3. The van der Waals surface area contributed by atoms with Crippen LogP contribution in [0.5, 0.6) is 0 Å². The fourth-order valence-electron chi connectivity index (χ4n) is 3.92. The molecular weight excluding hydrogens is 415 g/mol. The van der Waals surface area contributed by atoms with Gasteiger partial charge in [0.15, 0.2) is 0 Å². The second-order valence-corrected chi connectivity index (χ2v) is 7.83. The van der Waals surface area contributed by atoms with E-state index in [0.717, 1.165) is 39.0 Å². The molecule has 0 aliphatic rings. The lowest BCUT2D eigenvalue weighted by Gasteiger charge is -2.13. The molecule has 5 nitrogen and oxygen atoms in total. The van der Waals surface area contributed by atoms with Gasteiger partial charge in [-0.3, -0.25) is 9.78 Å². The molecule has 162 valence electrons. The highest BCUT2D eigenvalue weighted by molar-refractivity contribution is 6.02. The topological polar surface area (TPSA) is 70.7 Å². The van der Waals surface area contributed by atoms with Crippen LogP contribution < -0.4 is 5.32 Å². The minimum Gasteiger partial charge on any atom is -0.353 e. The van der Waals surface area contributed by atoms with Gasteiger partial charge in [-0.2, -0.15) is 0 Å². The van der Waals surface area contributed by atoms with Gasteiger partial charge in [0.05, 0.1) is 22.6 Å². The van der Waals surface area contributed by atoms with Crippen molar-refractivity contribution in [1.29, 1.82) is 0 Å². The number of fused-ring (bicyclic) bond motifs is 1. The molecule has 0 spiro atoms. The van der Waals surface area contributed by atoms with Crippen LogP contribution in [-0.2, 0) is 4.79 Å². The Bertz CT molecular complexity index is 1430. The predicted molar refractivity (Wildman–Crippen MR) is 128 cm³/mol. The van der Waals surface area contributed by atoms with E-state index in [1.165, 1.54) is 12.1 Å². The largest absolute Gasteiger partial charge is 0.353 e. The number of benzene rings is 2. The van der Waals surface area contributed by atoms with Gasteiger partial charge < -0.3 is 10.3 Å². The third-order valence-electron chi connectivity index (χ3n) is 5.68. The van der Waals surface area contributed by atoms with E-state index < -0.39 is 5.92 Å². The van der Waals surface area contributed by atoms with Gasteiger partial charge in [-0.25, -0.2) is 9.37 Å². The quantitative estimate of drug-likeness (QED) is 0.346. The monoisotopic (exact) mass is 436 g/mol. The highest BCUT2D eigenvalue weighted by Crippen LogP contribution is 2.37. The number of anilines is 1. The number of H-pyrrole nitrogens is 1. The normalized spacial score (nSPS) is 11.9. The maximum absolute atomic E-state index is 13.2. The molecule has 0 radical (unpaired) electrons. The fourth-order valence-corrected chi connectivity index (χ4v) is 3.92. The Morgan fingerprint density at radius 3 is 2.48 bits per heavy atom. The van der Waals surface area contributed by atoms with Crippen molar-refractivity contribution in [2.75, 3.05) is 5.32 Å². The Balaban J connectivity index is 1.50. The van der Waals surface area contributed by atoms with Gasteiger partial charge in [-0.05, 0) is 54.4 Å². The zero-order chi connectivity index (χ0) is 22.8. The zero-order valence-electron chi connectivity index (χ0n) is 17.9. The molecule has 0 bridgehead atoms. The van der Waals surface area contributed by atoms with Gasteiger partial charge in [0.25, 0.3) is 0 Å². The molecular formula is C27H21FN4O. The Morgan fingerprint density at radius 1 is 0.909 bits per heavy atom. The minimum atomic E-state index is -0.451. The summed E-state index contributed by atoms with van der Waals surface area (Å²) in [7, 11) is 0. The van der Waals surface area contributed by atoms with E-state index in [0.29, 0.717) is 5.82 Å². The zero-order valence-corrected chi connectivity index (χ0v) is 17.9. The lowest BCUT2D eigenvalue weighted by atomic mass is 10.00. The van der Waals surface area contributed by atoms with E-state index in [1.54, 1.807) is 31.5 Å². The summed E-state index contributed by atoms with van der Waals surface area (Å²) in [6.07, 6.45) is 3.45. The molecule has 1 atom stereocenters. The smallest absolute Gasteiger partial charge is 0.232 e. The van der Waals surface area contributed by atoms with Crippen molar-refractivity contribution in [1.82, 2.24) is 15.0 Å². The first-order valence-electron chi connectivity index (χ1n) is 10.6. The molecule has 5 rings (SSSR count). The van der Waals surface area contributed by atoms with Gasteiger partial charge in [-0.1, -0.05) is 42.5 Å². The number of rotatable bonds is 5. The molecule has 0 fully saturated rings. The van der Waals surface area contributed by atoms with Crippen LogP contribution in [0.3, 0.4) is 0 Å². The number of halogens is 1. The Kier molecular flexibility index (Phi) is 5.40. The first kappa shape index (κ1) is 20.6. The van der Waals surface area contributed by atoms with Crippen LogP contribution in [0.1, 0.15) is 18.4 Å². The van der Waals surface area contributed by atoms with Crippen LogP contribution in [-0.4, -0.2) is 20.9 Å². The highest BCUT2D eigenvalue weighted by atomic mass is 19.1. The average molecular weight is 436 g/mol. The number of hydrogen-bond donors (Lipinski definition) is 2. The standard InChI is InChI=1S/C27H21FN4O/c1-17(18-9-11-21(28)12-10-18)27(33)32-23-16-20(13-15-29-23)25-24(19-6-3-2-4-7-19)26-22(31-25)8-5-14-30-26/h2-17,31H,1H3,(H,29,32,33)/t17-/m0/s1. The molecule has 0 aliphatic heterocycles. The molecule has 5 aromatic rings. The molecule has 0 saturated carbocycles. The van der Waals surface area contributed by atoms with Crippen molar-refractivity contribution >= 4 is 22.8 Å². The molecule has 0 saturated heterocycles. The van der Waals surface area contributed by atoms with Crippen molar-refractivity contribution in [3.8, 4) is 22.4 Å². The van der Waals surface area contributed by atoms with E-state index in [9.17, 15) is 9.18 Å². The molecule has 6 heteroatoms. The number of nitrogens with one attached hydrogen (secondary N) is 2. The third-order valence-corrected chi connectivity index (χ3v) is 5.68. The summed E-state index contributed by atoms with van der Waals surface area (Å²) in [5.41, 5.74) is 6.37. The van der Waals surface area contributed by atoms with Gasteiger partial charge in [-0.15, -0.1) is 0 Å². The minimum absolute atomic E-state index is 0.215. The summed E-state index contributed by atoms with van der Waals surface area (Å²) in [5, 5.41) is 2.88. The van der Waals surface area contributed by atoms with E-state index >= 15 is 0 Å². The fraction of sp³-hybridized carbons (Fsp3) is 0.0741. The maximum atomic E-state index is 13.2. The molecule has 0 aliphatic carbocycles. The Labute approximate surface area is 190 Å². The Morgan fingerprint density at radius 2 is 1.70 bits per heavy atom. The van der Waals surface area contributed by atoms with Crippen molar-refractivity contribution in [3.05, 3.63) is 103 Å². The van der Waals surface area contributed by atoms with E-state index in [2.05, 4.69) is 32.4 Å². The molecule has 2 N–H and O–H groups in total. The van der Waals surface area contributed by atoms with Crippen LogP contribution in [0, 0.1) is 5.82 Å². The van der Waals surface area contributed by atoms with Crippen LogP contribution in [0.15, 0.2) is 91.3 Å². The van der Waals surface area contributed by atoms with Crippen molar-refractivity contribution < 1.29 is 9.18 Å².